The lowest BCUT2D eigenvalue weighted by molar-refractivity contribution is 0.00552. The summed E-state index contributed by atoms with van der Waals surface area (Å²) in [4.78, 5) is 7.81. The zero-order chi connectivity index (χ0) is 28.7. The minimum atomic E-state index is 0.123. The topological polar surface area (TPSA) is 64.2 Å². The average Bonchev–Trinajstić information content (AvgIpc) is 3.19. The third-order valence-corrected chi connectivity index (χ3v) is 11.2. The minimum Gasteiger partial charge on any atom is -0.298 e. The zero-order valence-corrected chi connectivity index (χ0v) is 27.5. The molecule has 0 radical (unpaired) electrons. The Labute approximate surface area is 249 Å². The molecule has 4 aliphatic rings. The van der Waals surface area contributed by atoms with Gasteiger partial charge in [-0.3, -0.25) is 30.6 Å². The van der Waals surface area contributed by atoms with Gasteiger partial charge in [-0.05, 0) is 99.7 Å². The third kappa shape index (κ3) is 7.26. The summed E-state index contributed by atoms with van der Waals surface area (Å²) in [6, 6.07) is 5.40. The molecule has 1 aromatic rings. The molecule has 4 N–H and O–H groups in total. The summed E-state index contributed by atoms with van der Waals surface area (Å²) in [7, 11) is 0. The van der Waals surface area contributed by atoms with Crippen molar-refractivity contribution in [2.24, 2.45) is 17.3 Å². The quantitative estimate of drug-likeness (QED) is 0.295. The van der Waals surface area contributed by atoms with E-state index in [1.807, 2.05) is 18.1 Å². The fourth-order valence-electron chi connectivity index (χ4n) is 7.75. The first-order valence-electron chi connectivity index (χ1n) is 16.2. The highest BCUT2D eigenvalue weighted by Crippen LogP contribution is 2.42. The molecule has 5 heterocycles. The Morgan fingerprint density at radius 2 is 1.75 bits per heavy atom. The third-order valence-electron chi connectivity index (χ3n) is 10.2. The van der Waals surface area contributed by atoms with Gasteiger partial charge in [0, 0.05) is 36.8 Å². The smallest absolute Gasteiger partial charge is 0.0690 e. The van der Waals surface area contributed by atoms with Crippen LogP contribution in [0.25, 0.3) is 0 Å². The van der Waals surface area contributed by atoms with E-state index in [0.29, 0.717) is 35.6 Å². The predicted molar refractivity (Wildman–Crippen MR) is 170 cm³/mol. The number of hydrogen-bond donors (Lipinski definition) is 4. The summed E-state index contributed by atoms with van der Waals surface area (Å²) in [6.07, 6.45) is 12.7. The zero-order valence-electron chi connectivity index (χ0n) is 26.6. The molecule has 4 bridgehead atoms. The maximum absolute atomic E-state index is 4.95. The van der Waals surface area contributed by atoms with Gasteiger partial charge < -0.3 is 0 Å². The fourth-order valence-corrected chi connectivity index (χ4v) is 8.78. The minimum absolute atomic E-state index is 0.123. The Hall–Kier alpha value is -0.700. The van der Waals surface area contributed by atoms with Crippen molar-refractivity contribution in [2.75, 3.05) is 13.1 Å². The van der Waals surface area contributed by atoms with E-state index in [9.17, 15) is 0 Å². The summed E-state index contributed by atoms with van der Waals surface area (Å²) < 4.78 is 3.86. The van der Waals surface area contributed by atoms with Gasteiger partial charge in [-0.2, -0.15) is 0 Å². The number of rotatable bonds is 1. The first-order chi connectivity index (χ1) is 18.8. The second-order valence-electron chi connectivity index (χ2n) is 16.0. The van der Waals surface area contributed by atoms with Crippen molar-refractivity contribution >= 4 is 11.9 Å². The largest absolute Gasteiger partial charge is 0.298 e. The second kappa shape index (κ2) is 12.1. The number of aromatic nitrogens is 1. The van der Waals surface area contributed by atoms with Crippen LogP contribution in [0.5, 0.6) is 0 Å². The van der Waals surface area contributed by atoms with Crippen molar-refractivity contribution in [3.05, 3.63) is 29.6 Å². The Morgan fingerprint density at radius 1 is 0.950 bits per heavy atom. The summed E-state index contributed by atoms with van der Waals surface area (Å²) in [6.45, 7) is 21.4. The molecule has 0 spiro atoms. The molecule has 1 aromatic heterocycles. The van der Waals surface area contributed by atoms with Crippen LogP contribution < -0.4 is 20.7 Å². The Morgan fingerprint density at radius 3 is 2.50 bits per heavy atom. The lowest BCUT2D eigenvalue weighted by atomic mass is 9.78. The molecule has 40 heavy (non-hydrogen) atoms. The van der Waals surface area contributed by atoms with Gasteiger partial charge in [0.2, 0.25) is 0 Å². The van der Waals surface area contributed by atoms with Crippen molar-refractivity contribution in [1.29, 1.82) is 0 Å². The van der Waals surface area contributed by atoms with E-state index in [1.165, 1.54) is 62.7 Å². The van der Waals surface area contributed by atoms with E-state index < -0.39 is 0 Å². The van der Waals surface area contributed by atoms with Gasteiger partial charge in [0.15, 0.2) is 0 Å². The molecule has 4 saturated heterocycles. The van der Waals surface area contributed by atoms with Crippen LogP contribution in [0.1, 0.15) is 124 Å². The molecule has 5 rings (SSSR count). The van der Waals surface area contributed by atoms with Crippen LogP contribution in [-0.4, -0.2) is 52.3 Å². The van der Waals surface area contributed by atoms with Crippen molar-refractivity contribution in [3.63, 3.8) is 0 Å². The van der Waals surface area contributed by atoms with Crippen LogP contribution in [0, 0.1) is 17.3 Å². The molecule has 0 aliphatic carbocycles. The summed E-state index contributed by atoms with van der Waals surface area (Å²) in [5.74, 6) is 1.34. The van der Waals surface area contributed by atoms with Crippen molar-refractivity contribution in [2.45, 2.75) is 147 Å². The van der Waals surface area contributed by atoms with Crippen molar-refractivity contribution < 1.29 is 0 Å². The Balaban J connectivity index is 1.41. The summed E-state index contributed by atoms with van der Waals surface area (Å²) in [5, 5.41) is 12.7. The maximum Gasteiger partial charge on any atom is 0.0690 e. The molecule has 6 nitrogen and oxygen atoms in total. The monoisotopic (exact) mass is 570 g/mol. The van der Waals surface area contributed by atoms with E-state index in [2.05, 4.69) is 93.1 Å². The van der Waals surface area contributed by atoms with Crippen molar-refractivity contribution in [3.8, 4) is 0 Å². The normalized spacial score (nSPS) is 37.7. The first-order valence-corrected chi connectivity index (χ1v) is 17.1. The second-order valence-corrected chi connectivity index (χ2v) is 17.1. The predicted octanol–water partition coefficient (Wildman–Crippen LogP) is 6.31. The lowest BCUT2D eigenvalue weighted by Gasteiger charge is -2.50. The van der Waals surface area contributed by atoms with E-state index in [1.54, 1.807) is 0 Å². The van der Waals surface area contributed by atoms with Gasteiger partial charge in [0.25, 0.3) is 0 Å². The molecule has 4 fully saturated rings. The fraction of sp³-hybridized carbons (Fsp3) is 0.848. The highest BCUT2D eigenvalue weighted by atomic mass is 32.2. The Bertz CT molecular complexity index is 984. The highest BCUT2D eigenvalue weighted by Gasteiger charge is 2.47. The average molecular weight is 571 g/mol. The van der Waals surface area contributed by atoms with Crippen LogP contribution in [-0.2, 0) is 5.41 Å². The van der Waals surface area contributed by atoms with Crippen molar-refractivity contribution in [1.82, 2.24) is 30.6 Å². The summed E-state index contributed by atoms with van der Waals surface area (Å²) >= 11 is 1.93. The molecule has 0 saturated carbocycles. The number of nitrogens with one attached hydrogen (secondary N) is 4. The first kappa shape index (κ1) is 30.7. The molecule has 226 valence electrons. The van der Waals surface area contributed by atoms with Gasteiger partial charge in [0.1, 0.15) is 0 Å². The van der Waals surface area contributed by atoms with Crippen LogP contribution >= 0.6 is 11.9 Å². The molecular weight excluding hydrogens is 512 g/mol. The summed E-state index contributed by atoms with van der Waals surface area (Å²) in [5.41, 5.74) is 3.19. The molecule has 8 atom stereocenters. The molecule has 0 amide bonds. The van der Waals surface area contributed by atoms with Gasteiger partial charge in [-0.1, -0.05) is 53.5 Å². The number of fused-ring (bicyclic) bond motifs is 6. The Kier molecular flexibility index (Phi) is 9.32. The number of nitrogens with zero attached hydrogens (tertiary/aromatic N) is 2. The molecule has 7 unspecified atom stereocenters. The van der Waals surface area contributed by atoms with Crippen LogP contribution in [0.3, 0.4) is 0 Å². The standard InChI is InChI=1S/C33H58N6S/c1-31(2,3)24-16-17-34-26(18-24)25-14-12-22-19-33(7,8)39(21-22)30-23(13-15-27(37-30)32(4,5)6)20-35-40-29-11-9-10-28(36-25)38-29/h16-18,22-23,25,27-30,35-38H,9-15,19-21H2,1-8H3/t22-,23?,25?,27?,28?,29?,30?/m0/s1. The SMILES string of the molecule is CC(C)(C)c1ccnc(C2CC[C@@H]3CN(C4NC(C(C)(C)C)CCC4CNSC4CCCC(N4)N2)C(C)(C)C3)c1. The van der Waals surface area contributed by atoms with Crippen LogP contribution in [0.4, 0.5) is 0 Å². The van der Waals surface area contributed by atoms with E-state index in [4.69, 9.17) is 4.98 Å². The number of hydrogen-bond acceptors (Lipinski definition) is 7. The van der Waals surface area contributed by atoms with Gasteiger partial charge in [-0.15, -0.1) is 0 Å². The molecule has 7 heteroatoms. The van der Waals surface area contributed by atoms with E-state index in [0.717, 1.165) is 13.0 Å². The van der Waals surface area contributed by atoms with Gasteiger partial charge in [-0.25, -0.2) is 0 Å². The van der Waals surface area contributed by atoms with Gasteiger partial charge >= 0.3 is 0 Å². The van der Waals surface area contributed by atoms with Gasteiger partial charge in [0.05, 0.1) is 29.4 Å². The molecule has 0 aromatic carbocycles. The van der Waals surface area contributed by atoms with Crippen LogP contribution in [0.15, 0.2) is 18.3 Å². The lowest BCUT2D eigenvalue weighted by Crippen LogP contribution is -2.63. The maximum atomic E-state index is 4.95. The van der Waals surface area contributed by atoms with Crippen LogP contribution in [0.2, 0.25) is 0 Å². The van der Waals surface area contributed by atoms with E-state index in [-0.39, 0.29) is 22.4 Å². The molecule has 4 aliphatic heterocycles. The highest BCUT2D eigenvalue weighted by molar-refractivity contribution is 7.98. The number of piperidine rings is 2. The molecular formula is C33H58N6S. The van der Waals surface area contributed by atoms with E-state index >= 15 is 0 Å². The number of pyridine rings is 1.